The number of hydrogen-bond acceptors (Lipinski definition) is 7. The molecule has 3 aromatic rings. The Morgan fingerprint density at radius 1 is 1.27 bits per heavy atom. The molecule has 0 atom stereocenters. The lowest BCUT2D eigenvalue weighted by atomic mass is 9.97. The summed E-state index contributed by atoms with van der Waals surface area (Å²) in [7, 11) is 0. The number of amides is 1. The predicted molar refractivity (Wildman–Crippen MR) is 119 cm³/mol. The number of aromatic nitrogens is 2. The summed E-state index contributed by atoms with van der Waals surface area (Å²) in [6.45, 7) is 4.12. The average molecular weight is 446 g/mol. The molecule has 1 aliphatic rings. The fraction of sp³-hybridized carbons (Fsp3) is 0.429. The third-order valence-electron chi connectivity index (χ3n) is 5.16. The molecule has 7 nitrogen and oxygen atoms in total. The fourth-order valence-electron chi connectivity index (χ4n) is 3.71. The number of carbonyl (C=O) groups excluding carboxylic acids is 2. The van der Waals surface area contributed by atoms with Crippen molar-refractivity contribution >= 4 is 49.8 Å². The monoisotopic (exact) mass is 445 g/mol. The number of aryl methyl sites for hydroxylation is 4. The lowest BCUT2D eigenvalue weighted by molar-refractivity contribution is -0.116. The molecule has 0 bridgehead atoms. The first-order valence-electron chi connectivity index (χ1n) is 10.0. The van der Waals surface area contributed by atoms with Crippen molar-refractivity contribution in [2.24, 2.45) is 0 Å². The zero-order valence-corrected chi connectivity index (χ0v) is 18.6. The van der Waals surface area contributed by atoms with E-state index in [9.17, 15) is 14.4 Å². The summed E-state index contributed by atoms with van der Waals surface area (Å²) in [5, 5.41) is 4.13. The highest BCUT2D eigenvalue weighted by molar-refractivity contribution is 7.19. The molecule has 0 unspecified atom stereocenters. The van der Waals surface area contributed by atoms with Gasteiger partial charge in [0.25, 0.3) is 5.56 Å². The Morgan fingerprint density at radius 2 is 2.07 bits per heavy atom. The van der Waals surface area contributed by atoms with Crippen molar-refractivity contribution in [3.8, 4) is 0 Å². The van der Waals surface area contributed by atoms with Gasteiger partial charge in [-0.1, -0.05) is 0 Å². The van der Waals surface area contributed by atoms with Crippen molar-refractivity contribution in [2.75, 3.05) is 11.9 Å². The molecule has 1 N–H and O–H groups in total. The Bertz CT molecular complexity index is 1180. The van der Waals surface area contributed by atoms with Gasteiger partial charge in [-0.25, -0.2) is 9.78 Å². The first kappa shape index (κ1) is 20.7. The van der Waals surface area contributed by atoms with E-state index in [0.29, 0.717) is 16.5 Å². The van der Waals surface area contributed by atoms with Crippen LogP contribution in [0.15, 0.2) is 17.2 Å². The Balaban J connectivity index is 1.45. The van der Waals surface area contributed by atoms with Crippen molar-refractivity contribution in [1.82, 2.24) is 9.55 Å². The first-order valence-corrected chi connectivity index (χ1v) is 11.7. The maximum absolute atomic E-state index is 13.0. The molecule has 1 aliphatic carbocycles. The lowest BCUT2D eigenvalue weighted by Crippen LogP contribution is -2.24. The number of fused-ring (bicyclic) bond motifs is 3. The van der Waals surface area contributed by atoms with Gasteiger partial charge in [0.15, 0.2) is 0 Å². The summed E-state index contributed by atoms with van der Waals surface area (Å²) in [4.78, 5) is 44.3. The Morgan fingerprint density at radius 3 is 2.87 bits per heavy atom. The maximum Gasteiger partial charge on any atom is 0.348 e. The van der Waals surface area contributed by atoms with Crippen molar-refractivity contribution in [3.63, 3.8) is 0 Å². The summed E-state index contributed by atoms with van der Waals surface area (Å²) >= 11 is 2.81. The van der Waals surface area contributed by atoms with E-state index in [0.717, 1.165) is 47.0 Å². The summed E-state index contributed by atoms with van der Waals surface area (Å²) in [5.41, 5.74) is 1.85. The number of hydrogen-bond donors (Lipinski definition) is 1. The largest absolute Gasteiger partial charge is 0.462 e. The smallest absolute Gasteiger partial charge is 0.348 e. The van der Waals surface area contributed by atoms with Gasteiger partial charge in [0.1, 0.15) is 9.71 Å². The number of thiophene rings is 2. The quantitative estimate of drug-likeness (QED) is 0.581. The first-order chi connectivity index (χ1) is 14.5. The summed E-state index contributed by atoms with van der Waals surface area (Å²) in [5.74, 6) is -0.600. The molecular formula is C21H23N3O4S2. The van der Waals surface area contributed by atoms with Gasteiger partial charge in [0.2, 0.25) is 5.91 Å². The number of carbonyl (C=O) groups is 2. The standard InChI is InChI=1S/C21H23N3O4S2/c1-3-28-21(27)18-12(2)10-16(30-18)23-15(25)8-9-24-11-22-19-17(20(24)26)13-6-4-5-7-14(13)29-19/h10-11H,3-9H2,1-2H3,(H,23,25). The van der Waals surface area contributed by atoms with Crippen LogP contribution in [0.25, 0.3) is 10.2 Å². The molecular weight excluding hydrogens is 422 g/mol. The normalized spacial score (nSPS) is 13.3. The highest BCUT2D eigenvalue weighted by atomic mass is 32.1. The molecule has 0 aromatic carbocycles. The van der Waals surface area contributed by atoms with Gasteiger partial charge in [-0.05, 0) is 56.7 Å². The minimum absolute atomic E-state index is 0.0660. The maximum atomic E-state index is 13.0. The van der Waals surface area contributed by atoms with Gasteiger partial charge in [0.05, 0.1) is 23.3 Å². The number of nitrogens with one attached hydrogen (secondary N) is 1. The SMILES string of the molecule is CCOC(=O)c1sc(NC(=O)CCn2cnc3sc4c(c3c2=O)CCCC4)cc1C. The van der Waals surface area contributed by atoms with Crippen LogP contribution in [-0.2, 0) is 28.9 Å². The molecule has 1 amide bonds. The Hall–Kier alpha value is -2.52. The molecule has 0 radical (unpaired) electrons. The van der Waals surface area contributed by atoms with Crippen molar-refractivity contribution in [3.05, 3.63) is 43.6 Å². The summed E-state index contributed by atoms with van der Waals surface area (Å²) in [6.07, 6.45) is 5.89. The number of ether oxygens (including phenoxy) is 1. The van der Waals surface area contributed by atoms with Crippen LogP contribution < -0.4 is 10.9 Å². The van der Waals surface area contributed by atoms with E-state index >= 15 is 0 Å². The van der Waals surface area contributed by atoms with E-state index < -0.39 is 0 Å². The summed E-state index contributed by atoms with van der Waals surface area (Å²) < 4.78 is 6.55. The second-order valence-corrected chi connectivity index (χ2v) is 9.41. The number of anilines is 1. The van der Waals surface area contributed by atoms with Crippen molar-refractivity contribution in [2.45, 2.75) is 52.5 Å². The Kier molecular flexibility index (Phi) is 6.01. The molecule has 3 aromatic heterocycles. The molecule has 0 saturated carbocycles. The number of rotatable bonds is 6. The van der Waals surface area contributed by atoms with Crippen LogP contribution >= 0.6 is 22.7 Å². The molecule has 0 spiro atoms. The second-order valence-electron chi connectivity index (χ2n) is 7.28. The van der Waals surface area contributed by atoms with Crippen LogP contribution in [0.5, 0.6) is 0 Å². The molecule has 0 saturated heterocycles. The molecule has 30 heavy (non-hydrogen) atoms. The molecule has 9 heteroatoms. The van der Waals surface area contributed by atoms with E-state index in [1.165, 1.54) is 27.1 Å². The van der Waals surface area contributed by atoms with Crippen LogP contribution in [0.3, 0.4) is 0 Å². The molecule has 4 rings (SSSR count). The van der Waals surface area contributed by atoms with E-state index in [1.807, 2.05) is 0 Å². The van der Waals surface area contributed by atoms with Gasteiger partial charge in [-0.15, -0.1) is 22.7 Å². The van der Waals surface area contributed by atoms with Crippen LogP contribution in [0.4, 0.5) is 5.00 Å². The third-order valence-corrected chi connectivity index (χ3v) is 7.50. The minimum Gasteiger partial charge on any atom is -0.462 e. The topological polar surface area (TPSA) is 90.3 Å². The van der Waals surface area contributed by atoms with Gasteiger partial charge in [0, 0.05) is 17.8 Å². The minimum atomic E-state index is -0.384. The zero-order chi connectivity index (χ0) is 21.3. The number of esters is 1. The van der Waals surface area contributed by atoms with Crippen molar-refractivity contribution < 1.29 is 14.3 Å². The van der Waals surface area contributed by atoms with Gasteiger partial charge in [-0.3, -0.25) is 14.2 Å². The third kappa shape index (κ3) is 4.04. The number of nitrogens with zero attached hydrogens (tertiary/aromatic N) is 2. The Labute approximate surface area is 181 Å². The van der Waals surface area contributed by atoms with Crippen LogP contribution in [-0.4, -0.2) is 28.0 Å². The zero-order valence-electron chi connectivity index (χ0n) is 16.9. The predicted octanol–water partition coefficient (Wildman–Crippen LogP) is 3.91. The van der Waals surface area contributed by atoms with E-state index in [4.69, 9.17) is 4.74 Å². The average Bonchev–Trinajstić information content (AvgIpc) is 3.28. The van der Waals surface area contributed by atoms with Crippen LogP contribution in [0.2, 0.25) is 0 Å². The second kappa shape index (κ2) is 8.69. The van der Waals surface area contributed by atoms with E-state index in [1.54, 1.807) is 31.3 Å². The highest BCUT2D eigenvalue weighted by Gasteiger charge is 2.20. The van der Waals surface area contributed by atoms with Gasteiger partial charge in [-0.2, -0.15) is 0 Å². The van der Waals surface area contributed by atoms with Gasteiger partial charge >= 0.3 is 5.97 Å². The van der Waals surface area contributed by atoms with Crippen molar-refractivity contribution in [1.29, 1.82) is 0 Å². The summed E-state index contributed by atoms with van der Waals surface area (Å²) in [6, 6.07) is 1.76. The molecule has 158 valence electrons. The van der Waals surface area contributed by atoms with E-state index in [2.05, 4.69) is 10.3 Å². The lowest BCUT2D eigenvalue weighted by Gasteiger charge is -2.10. The van der Waals surface area contributed by atoms with E-state index in [-0.39, 0.29) is 30.4 Å². The van der Waals surface area contributed by atoms with Gasteiger partial charge < -0.3 is 10.1 Å². The fourth-order valence-corrected chi connectivity index (χ4v) is 5.91. The van der Waals surface area contributed by atoms with Crippen LogP contribution in [0.1, 0.15) is 51.9 Å². The molecule has 0 fully saturated rings. The molecule has 0 aliphatic heterocycles. The highest BCUT2D eigenvalue weighted by Crippen LogP contribution is 2.33. The molecule has 3 heterocycles. The van der Waals surface area contributed by atoms with Crippen LogP contribution in [0, 0.1) is 6.92 Å².